The van der Waals surface area contributed by atoms with Crippen LogP contribution in [-0.4, -0.2) is 41.7 Å². The highest BCUT2D eigenvalue weighted by molar-refractivity contribution is 5.94. The number of carboxylic acids is 1. The van der Waals surface area contributed by atoms with Crippen molar-refractivity contribution in [2.75, 3.05) is 13.7 Å². The standard InChI is InChI=1S/C12H13F3N2O4/c1-21-5-4-9(11(19)20)17-10(18)8-3-2-7(6-16-8)12(13,14)15/h2-3,6,9H,4-5H2,1H3,(H,17,18)(H,19,20). The van der Waals surface area contributed by atoms with Crippen LogP contribution in [0.4, 0.5) is 13.2 Å². The number of ether oxygens (including phenoxy) is 1. The van der Waals surface area contributed by atoms with E-state index in [9.17, 15) is 22.8 Å². The maximum absolute atomic E-state index is 12.3. The number of carbonyl (C=O) groups is 2. The average Bonchev–Trinajstić information content (AvgIpc) is 2.42. The Labute approximate surface area is 117 Å². The zero-order chi connectivity index (χ0) is 16.0. The Balaban J connectivity index is 2.76. The number of carboxylic acid groups (broad SMARTS) is 1. The normalized spacial score (nSPS) is 12.8. The Morgan fingerprint density at radius 2 is 2.10 bits per heavy atom. The molecule has 0 radical (unpaired) electrons. The molecule has 0 saturated heterocycles. The Morgan fingerprint density at radius 1 is 1.43 bits per heavy atom. The lowest BCUT2D eigenvalue weighted by Gasteiger charge is -2.14. The van der Waals surface area contributed by atoms with Crippen molar-refractivity contribution in [3.63, 3.8) is 0 Å². The van der Waals surface area contributed by atoms with Crippen molar-refractivity contribution in [1.82, 2.24) is 10.3 Å². The molecule has 1 unspecified atom stereocenters. The summed E-state index contributed by atoms with van der Waals surface area (Å²) in [5.41, 5.74) is -1.29. The predicted molar refractivity (Wildman–Crippen MR) is 64.6 cm³/mol. The highest BCUT2D eigenvalue weighted by Crippen LogP contribution is 2.28. The van der Waals surface area contributed by atoms with Gasteiger partial charge in [-0.3, -0.25) is 9.78 Å². The zero-order valence-corrected chi connectivity index (χ0v) is 11.0. The van der Waals surface area contributed by atoms with E-state index in [0.717, 1.165) is 6.07 Å². The minimum Gasteiger partial charge on any atom is -0.480 e. The van der Waals surface area contributed by atoms with Crippen LogP contribution in [0.3, 0.4) is 0 Å². The summed E-state index contributed by atoms with van der Waals surface area (Å²) in [6.07, 6.45) is -4.01. The van der Waals surface area contributed by atoms with Gasteiger partial charge >= 0.3 is 12.1 Å². The first-order valence-corrected chi connectivity index (χ1v) is 5.81. The fourth-order valence-electron chi connectivity index (χ4n) is 1.42. The second-order valence-corrected chi connectivity index (χ2v) is 4.08. The molecule has 0 spiro atoms. The highest BCUT2D eigenvalue weighted by Gasteiger charge is 2.31. The lowest BCUT2D eigenvalue weighted by molar-refractivity contribution is -0.140. The van der Waals surface area contributed by atoms with Crippen molar-refractivity contribution in [2.24, 2.45) is 0 Å². The molecular formula is C12H13F3N2O4. The molecule has 2 N–H and O–H groups in total. The van der Waals surface area contributed by atoms with Gasteiger partial charge in [0.1, 0.15) is 11.7 Å². The number of nitrogens with zero attached hydrogens (tertiary/aromatic N) is 1. The van der Waals surface area contributed by atoms with Gasteiger partial charge in [-0.05, 0) is 12.1 Å². The topological polar surface area (TPSA) is 88.5 Å². The maximum Gasteiger partial charge on any atom is 0.417 e. The van der Waals surface area contributed by atoms with Crippen molar-refractivity contribution >= 4 is 11.9 Å². The van der Waals surface area contributed by atoms with Crippen molar-refractivity contribution in [1.29, 1.82) is 0 Å². The molecule has 1 aromatic heterocycles. The molecule has 0 aliphatic heterocycles. The summed E-state index contributed by atoms with van der Waals surface area (Å²) in [6, 6.07) is 0.377. The van der Waals surface area contributed by atoms with Gasteiger partial charge in [0.05, 0.1) is 5.56 Å². The van der Waals surface area contributed by atoms with Gasteiger partial charge in [0.25, 0.3) is 5.91 Å². The molecule has 0 aliphatic rings. The molecule has 6 nitrogen and oxygen atoms in total. The molecule has 9 heteroatoms. The van der Waals surface area contributed by atoms with Crippen molar-refractivity contribution < 1.29 is 32.6 Å². The van der Waals surface area contributed by atoms with Crippen LogP contribution in [0.5, 0.6) is 0 Å². The molecule has 1 heterocycles. The Bertz CT molecular complexity index is 502. The first-order chi connectivity index (χ1) is 9.75. The van der Waals surface area contributed by atoms with Crippen LogP contribution in [0.2, 0.25) is 0 Å². The number of amides is 1. The van der Waals surface area contributed by atoms with Crippen LogP contribution in [0, 0.1) is 0 Å². The summed E-state index contributed by atoms with van der Waals surface area (Å²) in [6.45, 7) is 0.109. The second-order valence-electron chi connectivity index (χ2n) is 4.08. The molecule has 1 aromatic rings. The van der Waals surface area contributed by atoms with E-state index >= 15 is 0 Å². The predicted octanol–water partition coefficient (Wildman–Crippen LogP) is 1.32. The number of aliphatic carboxylic acids is 1. The van der Waals surface area contributed by atoms with E-state index in [1.807, 2.05) is 0 Å². The average molecular weight is 306 g/mol. The second kappa shape index (κ2) is 7.02. The summed E-state index contributed by atoms with van der Waals surface area (Å²) >= 11 is 0. The van der Waals surface area contributed by atoms with Gasteiger partial charge in [0.15, 0.2) is 0 Å². The fraction of sp³-hybridized carbons (Fsp3) is 0.417. The summed E-state index contributed by atoms with van der Waals surface area (Å²) < 4.78 is 41.7. The number of aromatic nitrogens is 1. The van der Waals surface area contributed by atoms with Crippen LogP contribution < -0.4 is 5.32 Å². The van der Waals surface area contributed by atoms with Gasteiger partial charge < -0.3 is 15.2 Å². The molecule has 1 amide bonds. The van der Waals surface area contributed by atoms with Gasteiger partial charge in [0, 0.05) is 26.3 Å². The Morgan fingerprint density at radius 3 is 2.52 bits per heavy atom. The van der Waals surface area contributed by atoms with Gasteiger partial charge in [-0.1, -0.05) is 0 Å². The number of hydrogen-bond donors (Lipinski definition) is 2. The van der Waals surface area contributed by atoms with Crippen LogP contribution in [0.15, 0.2) is 18.3 Å². The third kappa shape index (κ3) is 5.03. The van der Waals surface area contributed by atoms with E-state index < -0.39 is 29.7 Å². The number of carbonyl (C=O) groups excluding carboxylic acids is 1. The molecule has 0 saturated carbocycles. The first-order valence-electron chi connectivity index (χ1n) is 5.81. The third-order valence-electron chi connectivity index (χ3n) is 2.54. The molecule has 116 valence electrons. The summed E-state index contributed by atoms with van der Waals surface area (Å²) in [4.78, 5) is 26.0. The lowest BCUT2D eigenvalue weighted by Crippen LogP contribution is -2.41. The van der Waals surface area contributed by atoms with E-state index in [4.69, 9.17) is 9.84 Å². The number of hydrogen-bond acceptors (Lipinski definition) is 4. The summed E-state index contributed by atoms with van der Waals surface area (Å²) in [5.74, 6) is -2.14. The number of halogens is 3. The van der Waals surface area contributed by atoms with Gasteiger partial charge in [-0.15, -0.1) is 0 Å². The van der Waals surface area contributed by atoms with Crippen molar-refractivity contribution in [3.8, 4) is 0 Å². The van der Waals surface area contributed by atoms with E-state index in [1.54, 1.807) is 0 Å². The smallest absolute Gasteiger partial charge is 0.417 e. The monoisotopic (exact) mass is 306 g/mol. The Hall–Kier alpha value is -2.16. The molecule has 1 atom stereocenters. The highest BCUT2D eigenvalue weighted by atomic mass is 19.4. The number of pyridine rings is 1. The van der Waals surface area contributed by atoms with Gasteiger partial charge in [0.2, 0.25) is 0 Å². The minimum atomic E-state index is -4.55. The van der Waals surface area contributed by atoms with E-state index in [0.29, 0.717) is 12.3 Å². The number of nitrogens with one attached hydrogen (secondary N) is 1. The van der Waals surface area contributed by atoms with E-state index in [1.165, 1.54) is 7.11 Å². The van der Waals surface area contributed by atoms with Crippen molar-refractivity contribution in [3.05, 3.63) is 29.6 Å². The van der Waals surface area contributed by atoms with Crippen LogP contribution in [0.1, 0.15) is 22.5 Å². The van der Waals surface area contributed by atoms with Crippen LogP contribution in [0.25, 0.3) is 0 Å². The SMILES string of the molecule is COCCC(NC(=O)c1ccc(C(F)(F)F)cn1)C(=O)O. The molecule has 0 aliphatic carbocycles. The molecular weight excluding hydrogens is 293 g/mol. The van der Waals surface area contributed by atoms with Gasteiger partial charge in [-0.25, -0.2) is 4.79 Å². The van der Waals surface area contributed by atoms with Crippen LogP contribution in [-0.2, 0) is 15.7 Å². The van der Waals surface area contributed by atoms with E-state index in [-0.39, 0.29) is 18.7 Å². The van der Waals surface area contributed by atoms with Gasteiger partial charge in [-0.2, -0.15) is 13.2 Å². The quantitative estimate of drug-likeness (QED) is 0.827. The maximum atomic E-state index is 12.3. The molecule has 0 aromatic carbocycles. The number of alkyl halides is 3. The number of rotatable bonds is 6. The molecule has 0 bridgehead atoms. The lowest BCUT2D eigenvalue weighted by atomic mass is 10.2. The largest absolute Gasteiger partial charge is 0.480 e. The molecule has 0 fully saturated rings. The minimum absolute atomic E-state index is 0.0260. The van der Waals surface area contributed by atoms with Crippen LogP contribution >= 0.6 is 0 Å². The summed E-state index contributed by atoms with van der Waals surface area (Å²) in [7, 11) is 1.37. The summed E-state index contributed by atoms with van der Waals surface area (Å²) in [5, 5.41) is 11.1. The zero-order valence-electron chi connectivity index (χ0n) is 11.0. The third-order valence-corrected chi connectivity index (χ3v) is 2.54. The van der Waals surface area contributed by atoms with Crippen molar-refractivity contribution in [2.45, 2.75) is 18.6 Å². The Kier molecular flexibility index (Phi) is 5.65. The number of methoxy groups -OCH3 is 1. The molecule has 1 rings (SSSR count). The fourth-order valence-corrected chi connectivity index (χ4v) is 1.42. The van der Waals surface area contributed by atoms with E-state index in [2.05, 4.69) is 10.3 Å². The first kappa shape index (κ1) is 16.9. The molecule has 21 heavy (non-hydrogen) atoms.